The van der Waals surface area contributed by atoms with Crippen LogP contribution in [0.5, 0.6) is 0 Å². The molecule has 0 saturated carbocycles. The summed E-state index contributed by atoms with van der Waals surface area (Å²) in [5.41, 5.74) is 0. The topological polar surface area (TPSA) is 9.72 Å². The first-order valence-electron chi connectivity index (χ1n) is 4.70. The number of hydrazine groups is 1. The van der Waals surface area contributed by atoms with Crippen molar-refractivity contribution in [3.8, 4) is 0 Å². The third-order valence-corrected chi connectivity index (χ3v) is 2.67. The molecule has 1 aliphatic rings. The van der Waals surface area contributed by atoms with Crippen molar-refractivity contribution < 1.29 is 0 Å². The molecule has 1 atom stereocenters. The van der Waals surface area contributed by atoms with Crippen molar-refractivity contribution in [2.24, 2.45) is 0 Å². The first-order valence-corrected chi connectivity index (χ1v) is 4.70. The molecular formula is C9H21N3. The van der Waals surface area contributed by atoms with Crippen LogP contribution in [0.25, 0.3) is 0 Å². The predicted molar refractivity (Wildman–Crippen MR) is 52.0 cm³/mol. The Kier molecular flexibility index (Phi) is 3.50. The lowest BCUT2D eigenvalue weighted by Gasteiger charge is -2.39. The van der Waals surface area contributed by atoms with E-state index >= 15 is 0 Å². The molecule has 0 N–H and O–H groups in total. The molecule has 0 aliphatic carbocycles. The zero-order chi connectivity index (χ0) is 9.14. The number of hydrogen-bond donors (Lipinski definition) is 0. The Morgan fingerprint density at radius 2 is 1.83 bits per heavy atom. The van der Waals surface area contributed by atoms with Crippen LogP contribution in [-0.2, 0) is 0 Å². The maximum atomic E-state index is 2.41. The van der Waals surface area contributed by atoms with E-state index in [9.17, 15) is 0 Å². The van der Waals surface area contributed by atoms with Gasteiger partial charge in [0.25, 0.3) is 0 Å². The number of piperidine rings is 1. The van der Waals surface area contributed by atoms with E-state index in [1.54, 1.807) is 0 Å². The Morgan fingerprint density at radius 1 is 1.17 bits per heavy atom. The number of nitrogens with zero attached hydrogens (tertiary/aromatic N) is 3. The lowest BCUT2D eigenvalue weighted by atomic mass is 10.1. The van der Waals surface area contributed by atoms with E-state index in [2.05, 4.69) is 43.1 Å². The molecule has 1 rings (SSSR count). The van der Waals surface area contributed by atoms with Crippen LogP contribution in [0.3, 0.4) is 0 Å². The van der Waals surface area contributed by atoms with Gasteiger partial charge in [0.05, 0.1) is 0 Å². The smallest absolute Gasteiger partial charge is 0.0289 e. The molecule has 0 amide bonds. The van der Waals surface area contributed by atoms with Crippen molar-refractivity contribution in [2.45, 2.75) is 18.9 Å². The van der Waals surface area contributed by atoms with Crippen LogP contribution < -0.4 is 0 Å². The highest BCUT2D eigenvalue weighted by Crippen LogP contribution is 2.13. The van der Waals surface area contributed by atoms with Gasteiger partial charge in [-0.15, -0.1) is 0 Å². The van der Waals surface area contributed by atoms with E-state index < -0.39 is 0 Å². The number of rotatable bonds is 2. The van der Waals surface area contributed by atoms with E-state index in [-0.39, 0.29) is 0 Å². The van der Waals surface area contributed by atoms with Crippen LogP contribution in [-0.4, -0.2) is 62.2 Å². The third-order valence-electron chi connectivity index (χ3n) is 2.67. The van der Waals surface area contributed by atoms with Crippen LogP contribution in [0.1, 0.15) is 12.8 Å². The molecule has 0 bridgehead atoms. The van der Waals surface area contributed by atoms with E-state index in [0.29, 0.717) is 0 Å². The minimum absolute atomic E-state index is 0.737. The van der Waals surface area contributed by atoms with Crippen molar-refractivity contribution in [3.05, 3.63) is 0 Å². The lowest BCUT2D eigenvalue weighted by Crippen LogP contribution is -2.50. The second kappa shape index (κ2) is 4.21. The molecule has 3 heteroatoms. The Labute approximate surface area is 75.9 Å². The minimum atomic E-state index is 0.737. The van der Waals surface area contributed by atoms with Crippen molar-refractivity contribution in [1.29, 1.82) is 0 Å². The fraction of sp³-hybridized carbons (Fsp3) is 1.00. The zero-order valence-corrected chi connectivity index (χ0v) is 8.75. The van der Waals surface area contributed by atoms with Crippen molar-refractivity contribution in [2.75, 3.05) is 41.3 Å². The molecule has 0 aromatic carbocycles. The summed E-state index contributed by atoms with van der Waals surface area (Å²) < 4.78 is 0. The molecule has 1 unspecified atom stereocenters. The van der Waals surface area contributed by atoms with Gasteiger partial charge in [0.2, 0.25) is 0 Å². The fourth-order valence-electron chi connectivity index (χ4n) is 1.72. The van der Waals surface area contributed by atoms with Crippen LogP contribution in [0, 0.1) is 0 Å². The molecular weight excluding hydrogens is 150 g/mol. The van der Waals surface area contributed by atoms with Crippen LogP contribution in [0.15, 0.2) is 0 Å². The van der Waals surface area contributed by atoms with Gasteiger partial charge >= 0.3 is 0 Å². The predicted octanol–water partition coefficient (Wildman–Crippen LogP) is 0.489. The van der Waals surface area contributed by atoms with Crippen molar-refractivity contribution in [3.63, 3.8) is 0 Å². The van der Waals surface area contributed by atoms with Gasteiger partial charge in [-0.25, -0.2) is 10.0 Å². The largest absolute Gasteiger partial charge is 0.305 e. The van der Waals surface area contributed by atoms with Crippen molar-refractivity contribution in [1.82, 2.24) is 14.9 Å². The Hall–Kier alpha value is -0.120. The second-order valence-electron chi connectivity index (χ2n) is 4.02. The summed E-state index contributed by atoms with van der Waals surface area (Å²) >= 11 is 0. The van der Waals surface area contributed by atoms with E-state index in [4.69, 9.17) is 0 Å². The third kappa shape index (κ3) is 2.44. The molecule has 3 nitrogen and oxygen atoms in total. The molecule has 0 radical (unpaired) electrons. The van der Waals surface area contributed by atoms with Crippen LogP contribution >= 0.6 is 0 Å². The first kappa shape index (κ1) is 9.96. The molecule has 1 aliphatic heterocycles. The molecule has 1 fully saturated rings. The summed E-state index contributed by atoms with van der Waals surface area (Å²) in [6.07, 6.45) is 2.67. The quantitative estimate of drug-likeness (QED) is 0.598. The highest BCUT2D eigenvalue weighted by atomic mass is 15.6. The van der Waals surface area contributed by atoms with Gasteiger partial charge in [-0.05, 0) is 26.9 Å². The number of likely N-dealkylation sites (N-methyl/N-ethyl adjacent to an activating group) is 1. The minimum Gasteiger partial charge on any atom is -0.305 e. The average molecular weight is 171 g/mol. The molecule has 0 aromatic heterocycles. The highest BCUT2D eigenvalue weighted by molar-refractivity contribution is 4.75. The molecule has 12 heavy (non-hydrogen) atoms. The molecule has 0 spiro atoms. The van der Waals surface area contributed by atoms with Gasteiger partial charge in [-0.1, -0.05) is 0 Å². The summed E-state index contributed by atoms with van der Waals surface area (Å²) in [5.74, 6) is 0. The van der Waals surface area contributed by atoms with Gasteiger partial charge < -0.3 is 4.90 Å². The summed E-state index contributed by atoms with van der Waals surface area (Å²) in [5, 5.41) is 4.61. The Bertz CT molecular complexity index is 120. The van der Waals surface area contributed by atoms with E-state index in [0.717, 1.165) is 6.04 Å². The van der Waals surface area contributed by atoms with Gasteiger partial charge in [-0.3, -0.25) is 0 Å². The molecule has 1 saturated heterocycles. The highest BCUT2D eigenvalue weighted by Gasteiger charge is 2.21. The molecule has 72 valence electrons. The standard InChI is InChI=1S/C9H21N3/c1-10(2)9-6-5-7-12(8-9)11(3)4/h9H,5-8H2,1-4H3. The molecule has 0 aromatic rings. The van der Waals surface area contributed by atoms with E-state index in [1.807, 2.05) is 0 Å². The average Bonchev–Trinajstić information content (AvgIpc) is 2.04. The maximum absolute atomic E-state index is 2.41. The maximum Gasteiger partial charge on any atom is 0.0289 e. The Balaban J connectivity index is 2.40. The first-order chi connectivity index (χ1) is 5.61. The van der Waals surface area contributed by atoms with Gasteiger partial charge in [-0.2, -0.15) is 0 Å². The summed E-state index contributed by atoms with van der Waals surface area (Å²) in [7, 11) is 8.59. The normalized spacial score (nSPS) is 27.0. The monoisotopic (exact) mass is 171 g/mol. The van der Waals surface area contributed by atoms with E-state index in [1.165, 1.54) is 25.9 Å². The van der Waals surface area contributed by atoms with Gasteiger partial charge in [0.15, 0.2) is 0 Å². The summed E-state index contributed by atoms with van der Waals surface area (Å²) in [6, 6.07) is 0.737. The van der Waals surface area contributed by atoms with Gasteiger partial charge in [0.1, 0.15) is 0 Å². The van der Waals surface area contributed by atoms with Gasteiger partial charge in [0, 0.05) is 33.2 Å². The second-order valence-corrected chi connectivity index (χ2v) is 4.02. The lowest BCUT2D eigenvalue weighted by molar-refractivity contribution is -0.0204. The summed E-state index contributed by atoms with van der Waals surface area (Å²) in [6.45, 7) is 2.40. The van der Waals surface area contributed by atoms with Crippen molar-refractivity contribution >= 4 is 0 Å². The zero-order valence-electron chi connectivity index (χ0n) is 8.75. The van der Waals surface area contributed by atoms with Crippen LogP contribution in [0.4, 0.5) is 0 Å². The number of hydrogen-bond acceptors (Lipinski definition) is 3. The Morgan fingerprint density at radius 3 is 2.33 bits per heavy atom. The SMILES string of the molecule is CN(C)C1CCCN(N(C)C)C1. The fourth-order valence-corrected chi connectivity index (χ4v) is 1.72. The summed E-state index contributed by atoms with van der Waals surface area (Å²) in [4.78, 5) is 2.33. The van der Waals surface area contributed by atoms with Crippen LogP contribution in [0.2, 0.25) is 0 Å². The molecule has 1 heterocycles.